The number of aromatic nitrogens is 1. The molecule has 0 saturated carbocycles. The van der Waals surface area contributed by atoms with Crippen LogP contribution in [-0.2, 0) is 6.54 Å². The molecular weight excluding hydrogens is 685 g/mol. The smallest absolute Gasteiger partial charge is 0.215 e. The third kappa shape index (κ3) is 16.1. The first-order chi connectivity index (χ1) is 22.5. The Hall–Kier alpha value is -1.56. The van der Waals surface area contributed by atoms with Gasteiger partial charge in [0.15, 0.2) is 0 Å². The SMILES string of the molecule is CCCCCCCCCCCCCCCCCCCCCCCCCC[n+]1c2cc(N(C)C)ccc2cc2ccc(N(C)C)cc21.[I-]. The van der Waals surface area contributed by atoms with Gasteiger partial charge in [-0.25, -0.2) is 0 Å². The van der Waals surface area contributed by atoms with Gasteiger partial charge in [0.25, 0.3) is 0 Å². The molecule has 47 heavy (non-hydrogen) atoms. The first-order valence-electron chi connectivity index (χ1n) is 19.8. The largest absolute Gasteiger partial charge is 1.00 e. The van der Waals surface area contributed by atoms with E-state index in [0.29, 0.717) is 0 Å². The van der Waals surface area contributed by atoms with Gasteiger partial charge in [-0.1, -0.05) is 148 Å². The molecule has 2 aromatic carbocycles. The van der Waals surface area contributed by atoms with Gasteiger partial charge in [-0.15, -0.1) is 0 Å². The van der Waals surface area contributed by atoms with Gasteiger partial charge in [-0.05, 0) is 36.8 Å². The summed E-state index contributed by atoms with van der Waals surface area (Å²) in [5.41, 5.74) is 5.24. The highest BCUT2D eigenvalue weighted by molar-refractivity contribution is 5.91. The molecule has 0 aliphatic heterocycles. The fraction of sp³-hybridized carbons (Fsp3) is 0.698. The Kier molecular flexibility index (Phi) is 22.5. The predicted molar refractivity (Wildman–Crippen MR) is 207 cm³/mol. The summed E-state index contributed by atoms with van der Waals surface area (Å²) in [5.74, 6) is 0. The minimum absolute atomic E-state index is 0. The van der Waals surface area contributed by atoms with E-state index in [2.05, 4.69) is 91.9 Å². The molecule has 3 rings (SSSR count). The van der Waals surface area contributed by atoms with E-state index >= 15 is 0 Å². The fourth-order valence-corrected chi connectivity index (χ4v) is 7.10. The first-order valence-corrected chi connectivity index (χ1v) is 19.8. The molecule has 0 bridgehead atoms. The number of nitrogens with zero attached hydrogens (tertiary/aromatic N) is 3. The molecule has 0 fully saturated rings. The molecule has 0 N–H and O–H groups in total. The molecule has 0 spiro atoms. The molecule has 1 heterocycles. The van der Waals surface area contributed by atoms with Crippen LogP contribution in [0.25, 0.3) is 21.8 Å². The van der Waals surface area contributed by atoms with Crippen LogP contribution in [0.15, 0.2) is 42.5 Å². The second-order valence-corrected chi connectivity index (χ2v) is 14.7. The Morgan fingerprint density at radius 3 is 1.00 bits per heavy atom. The van der Waals surface area contributed by atoms with Crippen molar-refractivity contribution < 1.29 is 28.5 Å². The average molecular weight is 758 g/mol. The second kappa shape index (κ2) is 25.4. The molecule has 0 aliphatic rings. The van der Waals surface area contributed by atoms with Crippen molar-refractivity contribution in [1.82, 2.24) is 0 Å². The van der Waals surface area contributed by atoms with E-state index in [1.807, 2.05) is 0 Å². The lowest BCUT2D eigenvalue weighted by molar-refractivity contribution is -0.645. The van der Waals surface area contributed by atoms with Crippen molar-refractivity contribution in [3.8, 4) is 0 Å². The number of rotatable bonds is 27. The molecule has 4 heteroatoms. The fourth-order valence-electron chi connectivity index (χ4n) is 7.10. The number of hydrogen-bond acceptors (Lipinski definition) is 2. The summed E-state index contributed by atoms with van der Waals surface area (Å²) >= 11 is 0. The number of aryl methyl sites for hydroxylation is 1. The third-order valence-electron chi connectivity index (χ3n) is 10.2. The monoisotopic (exact) mass is 757 g/mol. The van der Waals surface area contributed by atoms with Crippen molar-refractivity contribution in [2.75, 3.05) is 38.0 Å². The number of unbranched alkanes of at least 4 members (excludes halogenated alkanes) is 23. The number of hydrogen-bond donors (Lipinski definition) is 0. The van der Waals surface area contributed by atoms with E-state index in [-0.39, 0.29) is 24.0 Å². The molecule has 0 aliphatic carbocycles. The van der Waals surface area contributed by atoms with Crippen LogP contribution in [0, 0.1) is 0 Å². The van der Waals surface area contributed by atoms with E-state index in [1.54, 1.807) is 0 Å². The maximum Gasteiger partial charge on any atom is 0.215 e. The molecule has 0 amide bonds. The highest BCUT2D eigenvalue weighted by Gasteiger charge is 2.17. The maximum absolute atomic E-state index is 2.59. The molecule has 1 aromatic heterocycles. The summed E-state index contributed by atoms with van der Waals surface area (Å²) in [6.07, 6.45) is 34.5. The standard InChI is InChI=1S/C43H72N3.HI/c1-6-7-8-9-10-11-12-13-14-15-16-17-18-19-20-21-22-23-24-25-26-27-28-29-34-46-42-36-40(44(2)3)32-30-38(42)35-39-31-33-41(45(4)5)37-43(39)46;/h30-33,35-37H,6-29,34H2,1-5H3;1H/q+1;/p-1. The van der Waals surface area contributed by atoms with Crippen LogP contribution in [0.4, 0.5) is 11.4 Å². The predicted octanol–water partition coefficient (Wildman–Crippen LogP) is 9.80. The van der Waals surface area contributed by atoms with Gasteiger partial charge in [0, 0.05) is 68.9 Å². The van der Waals surface area contributed by atoms with Crippen molar-refractivity contribution in [3.05, 3.63) is 42.5 Å². The molecule has 266 valence electrons. The Labute approximate surface area is 308 Å². The lowest BCUT2D eigenvalue weighted by atomic mass is 10.0. The molecule has 0 atom stereocenters. The van der Waals surface area contributed by atoms with Gasteiger partial charge in [-0.3, -0.25) is 0 Å². The van der Waals surface area contributed by atoms with Crippen LogP contribution >= 0.6 is 0 Å². The molecule has 0 saturated heterocycles. The van der Waals surface area contributed by atoms with Gasteiger partial charge in [0.1, 0.15) is 6.54 Å². The summed E-state index contributed by atoms with van der Waals surface area (Å²) < 4.78 is 2.59. The number of halogens is 1. The summed E-state index contributed by atoms with van der Waals surface area (Å²) in [4.78, 5) is 4.43. The van der Waals surface area contributed by atoms with Crippen LogP contribution < -0.4 is 38.3 Å². The van der Waals surface area contributed by atoms with Crippen LogP contribution in [0.1, 0.15) is 161 Å². The molecule has 0 radical (unpaired) electrons. The van der Waals surface area contributed by atoms with E-state index in [4.69, 9.17) is 0 Å². The van der Waals surface area contributed by atoms with Crippen molar-refractivity contribution in [1.29, 1.82) is 0 Å². The average Bonchev–Trinajstić information content (AvgIpc) is 3.05. The van der Waals surface area contributed by atoms with Gasteiger partial charge in [-0.2, -0.15) is 4.57 Å². The van der Waals surface area contributed by atoms with Crippen molar-refractivity contribution in [2.45, 2.75) is 168 Å². The second-order valence-electron chi connectivity index (χ2n) is 14.7. The van der Waals surface area contributed by atoms with E-state index < -0.39 is 0 Å². The first kappa shape index (κ1) is 41.6. The number of fused-ring (bicyclic) bond motifs is 2. The Morgan fingerprint density at radius 2 is 0.702 bits per heavy atom. The summed E-state index contributed by atoms with van der Waals surface area (Å²) in [6.45, 7) is 3.39. The Morgan fingerprint density at radius 1 is 0.404 bits per heavy atom. The highest BCUT2D eigenvalue weighted by Crippen LogP contribution is 2.26. The number of benzene rings is 2. The number of anilines is 2. The summed E-state index contributed by atoms with van der Waals surface area (Å²) in [6, 6.07) is 16.2. The quantitative estimate of drug-likeness (QED) is 0.0332. The lowest BCUT2D eigenvalue weighted by Gasteiger charge is -2.15. The van der Waals surface area contributed by atoms with Gasteiger partial charge in [0.05, 0.1) is 0 Å². The van der Waals surface area contributed by atoms with Crippen LogP contribution in [0.5, 0.6) is 0 Å². The third-order valence-corrected chi connectivity index (χ3v) is 10.2. The zero-order valence-electron chi connectivity index (χ0n) is 31.4. The normalized spacial score (nSPS) is 11.3. The summed E-state index contributed by atoms with van der Waals surface area (Å²) in [5, 5.41) is 2.67. The zero-order valence-corrected chi connectivity index (χ0v) is 33.6. The topological polar surface area (TPSA) is 10.4 Å². The van der Waals surface area contributed by atoms with Crippen LogP contribution in [-0.4, -0.2) is 28.2 Å². The molecule has 3 aromatic rings. The summed E-state index contributed by atoms with van der Waals surface area (Å²) in [7, 11) is 8.55. The number of pyridine rings is 1. The highest BCUT2D eigenvalue weighted by atomic mass is 127. The van der Waals surface area contributed by atoms with Crippen molar-refractivity contribution in [2.24, 2.45) is 0 Å². The minimum Gasteiger partial charge on any atom is -1.00 e. The maximum atomic E-state index is 2.59. The molecule has 3 nitrogen and oxygen atoms in total. The zero-order chi connectivity index (χ0) is 32.8. The molecular formula is C43H72IN3. The Balaban J connectivity index is 0.00000768. The van der Waals surface area contributed by atoms with Crippen LogP contribution in [0.3, 0.4) is 0 Å². The molecule has 0 unspecified atom stereocenters. The van der Waals surface area contributed by atoms with Gasteiger partial charge >= 0.3 is 0 Å². The van der Waals surface area contributed by atoms with E-state index in [0.717, 1.165) is 6.54 Å². The minimum atomic E-state index is 0. The Bertz CT molecular complexity index is 1150. The van der Waals surface area contributed by atoms with Gasteiger partial charge in [0.2, 0.25) is 11.0 Å². The van der Waals surface area contributed by atoms with E-state index in [9.17, 15) is 0 Å². The lowest BCUT2D eigenvalue weighted by Crippen LogP contribution is -3.00. The van der Waals surface area contributed by atoms with Crippen molar-refractivity contribution >= 4 is 33.2 Å². The van der Waals surface area contributed by atoms with Crippen LogP contribution in [0.2, 0.25) is 0 Å². The van der Waals surface area contributed by atoms with Gasteiger partial charge < -0.3 is 33.8 Å². The van der Waals surface area contributed by atoms with Crippen molar-refractivity contribution in [3.63, 3.8) is 0 Å². The van der Waals surface area contributed by atoms with E-state index in [1.165, 1.54) is 187 Å².